The van der Waals surface area contributed by atoms with E-state index in [0.717, 1.165) is 17.6 Å². The molecule has 2 aromatic rings. The van der Waals surface area contributed by atoms with Gasteiger partial charge in [0, 0.05) is 6.07 Å². The van der Waals surface area contributed by atoms with E-state index in [1.165, 1.54) is 12.1 Å². The van der Waals surface area contributed by atoms with Gasteiger partial charge in [-0.05, 0) is 19.1 Å². The van der Waals surface area contributed by atoms with Gasteiger partial charge in [0.1, 0.15) is 17.9 Å². The lowest BCUT2D eigenvalue weighted by molar-refractivity contribution is -0.108. The van der Waals surface area contributed by atoms with Crippen molar-refractivity contribution in [2.45, 2.75) is 13.5 Å². The van der Waals surface area contributed by atoms with Crippen LogP contribution in [0.5, 0.6) is 0 Å². The van der Waals surface area contributed by atoms with E-state index in [2.05, 4.69) is 4.98 Å². The summed E-state index contributed by atoms with van der Waals surface area (Å²) in [5.74, 6) is 0.408. The first kappa shape index (κ1) is 8.87. The first-order chi connectivity index (χ1) is 6.72. The van der Waals surface area contributed by atoms with Gasteiger partial charge in [0.25, 0.3) is 0 Å². The lowest BCUT2D eigenvalue weighted by Crippen LogP contribution is -2.00. The Kier molecular flexibility index (Phi) is 2.04. The predicted molar refractivity (Wildman–Crippen MR) is 50.5 cm³/mol. The normalized spacial score (nSPS) is 10.7. The van der Waals surface area contributed by atoms with E-state index in [0.29, 0.717) is 5.52 Å². The highest BCUT2D eigenvalue weighted by Crippen LogP contribution is 2.16. The van der Waals surface area contributed by atoms with Crippen molar-refractivity contribution in [1.29, 1.82) is 0 Å². The molecule has 0 saturated carbocycles. The van der Waals surface area contributed by atoms with E-state index < -0.39 is 0 Å². The van der Waals surface area contributed by atoms with Crippen LogP contribution in [0.25, 0.3) is 11.0 Å². The highest BCUT2D eigenvalue weighted by Gasteiger charge is 2.06. The number of aromatic nitrogens is 2. The number of hydrogen-bond donors (Lipinski definition) is 0. The minimum atomic E-state index is -0.312. The molecular formula is C10H9FN2O. The number of halogens is 1. The minimum absolute atomic E-state index is 0.258. The van der Waals surface area contributed by atoms with E-state index in [-0.39, 0.29) is 12.4 Å². The zero-order valence-electron chi connectivity index (χ0n) is 7.70. The van der Waals surface area contributed by atoms with Gasteiger partial charge in [-0.15, -0.1) is 0 Å². The summed E-state index contributed by atoms with van der Waals surface area (Å²) in [6.45, 7) is 2.05. The molecule has 0 spiro atoms. The Balaban J connectivity index is 2.70. The molecule has 0 saturated heterocycles. The lowest BCUT2D eigenvalue weighted by Gasteiger charge is -1.99. The number of aryl methyl sites for hydroxylation is 1. The van der Waals surface area contributed by atoms with Crippen LogP contribution in [0.15, 0.2) is 18.2 Å². The fourth-order valence-corrected chi connectivity index (χ4v) is 1.53. The molecule has 0 amide bonds. The van der Waals surface area contributed by atoms with Gasteiger partial charge >= 0.3 is 0 Å². The molecule has 1 aromatic heterocycles. The predicted octanol–water partition coefficient (Wildman–Crippen LogP) is 1.68. The van der Waals surface area contributed by atoms with Crippen LogP contribution in [0.1, 0.15) is 5.82 Å². The molecule has 0 radical (unpaired) electrons. The van der Waals surface area contributed by atoms with Crippen LogP contribution >= 0.6 is 0 Å². The van der Waals surface area contributed by atoms with E-state index in [1.807, 2.05) is 0 Å². The molecule has 0 atom stereocenters. The van der Waals surface area contributed by atoms with E-state index in [9.17, 15) is 9.18 Å². The molecule has 0 unspecified atom stereocenters. The molecule has 1 aromatic carbocycles. The monoisotopic (exact) mass is 192 g/mol. The number of hydrogen-bond acceptors (Lipinski definition) is 2. The van der Waals surface area contributed by atoms with Crippen LogP contribution in [0.3, 0.4) is 0 Å². The number of imidazole rings is 1. The van der Waals surface area contributed by atoms with Crippen LogP contribution in [-0.4, -0.2) is 15.8 Å². The molecule has 0 fully saturated rings. The number of rotatable bonds is 2. The summed E-state index contributed by atoms with van der Waals surface area (Å²) in [5, 5.41) is 0. The molecular weight excluding hydrogens is 183 g/mol. The van der Waals surface area contributed by atoms with Crippen LogP contribution in [0.2, 0.25) is 0 Å². The maximum Gasteiger partial charge on any atom is 0.139 e. The van der Waals surface area contributed by atoms with Crippen LogP contribution in [0, 0.1) is 12.7 Å². The number of fused-ring (bicyclic) bond motifs is 1. The summed E-state index contributed by atoms with van der Waals surface area (Å²) in [6, 6.07) is 4.36. The first-order valence-electron chi connectivity index (χ1n) is 4.28. The Labute approximate surface area is 80.2 Å². The molecule has 0 aliphatic carbocycles. The summed E-state index contributed by atoms with van der Waals surface area (Å²) >= 11 is 0. The Bertz CT molecular complexity index is 490. The quantitative estimate of drug-likeness (QED) is 0.678. The van der Waals surface area contributed by atoms with Crippen molar-refractivity contribution in [3.8, 4) is 0 Å². The molecule has 4 heteroatoms. The second kappa shape index (κ2) is 3.21. The largest absolute Gasteiger partial charge is 0.321 e. The van der Waals surface area contributed by atoms with Gasteiger partial charge in [-0.25, -0.2) is 9.37 Å². The topological polar surface area (TPSA) is 34.9 Å². The second-order valence-electron chi connectivity index (χ2n) is 3.07. The van der Waals surface area contributed by atoms with Crippen LogP contribution in [0.4, 0.5) is 4.39 Å². The number of nitrogens with zero attached hydrogens (tertiary/aromatic N) is 2. The third-order valence-electron chi connectivity index (χ3n) is 2.16. The van der Waals surface area contributed by atoms with Crippen molar-refractivity contribution in [1.82, 2.24) is 9.55 Å². The smallest absolute Gasteiger partial charge is 0.139 e. The summed E-state index contributed by atoms with van der Waals surface area (Å²) in [6.07, 6.45) is 0.803. The molecule has 0 aliphatic heterocycles. The number of carbonyl (C=O) groups excluding carboxylic acids is 1. The fraction of sp³-hybridized carbons (Fsp3) is 0.200. The molecule has 0 aliphatic rings. The summed E-state index contributed by atoms with van der Waals surface area (Å²) in [5.41, 5.74) is 1.38. The maximum absolute atomic E-state index is 12.8. The Hall–Kier alpha value is -1.71. The highest BCUT2D eigenvalue weighted by atomic mass is 19.1. The van der Waals surface area contributed by atoms with Gasteiger partial charge in [0.05, 0.1) is 17.6 Å². The Morgan fingerprint density at radius 3 is 3.07 bits per heavy atom. The molecule has 72 valence electrons. The van der Waals surface area contributed by atoms with Crippen molar-refractivity contribution in [2.24, 2.45) is 0 Å². The first-order valence-corrected chi connectivity index (χ1v) is 4.28. The average molecular weight is 192 g/mol. The van der Waals surface area contributed by atoms with Crippen molar-refractivity contribution >= 4 is 17.3 Å². The van der Waals surface area contributed by atoms with Gasteiger partial charge in [-0.3, -0.25) is 0 Å². The Morgan fingerprint density at radius 1 is 1.57 bits per heavy atom. The van der Waals surface area contributed by atoms with E-state index in [4.69, 9.17) is 0 Å². The van der Waals surface area contributed by atoms with Crippen LogP contribution < -0.4 is 0 Å². The van der Waals surface area contributed by atoms with Gasteiger partial charge in [-0.1, -0.05) is 0 Å². The average Bonchev–Trinajstić information content (AvgIpc) is 2.43. The van der Waals surface area contributed by atoms with Crippen molar-refractivity contribution < 1.29 is 9.18 Å². The zero-order chi connectivity index (χ0) is 10.1. The summed E-state index contributed by atoms with van der Waals surface area (Å²) < 4.78 is 14.6. The van der Waals surface area contributed by atoms with Gasteiger partial charge in [0.2, 0.25) is 0 Å². The molecule has 14 heavy (non-hydrogen) atoms. The molecule has 3 nitrogen and oxygen atoms in total. The number of benzene rings is 1. The lowest BCUT2D eigenvalue weighted by atomic mass is 10.3. The SMILES string of the molecule is Cc1nc2cc(F)ccc2n1CC=O. The summed E-state index contributed by atoms with van der Waals surface area (Å²) in [7, 11) is 0. The fourth-order valence-electron chi connectivity index (χ4n) is 1.53. The van der Waals surface area contributed by atoms with Crippen LogP contribution in [-0.2, 0) is 11.3 Å². The van der Waals surface area contributed by atoms with Crippen molar-refractivity contribution in [2.75, 3.05) is 0 Å². The van der Waals surface area contributed by atoms with Gasteiger partial charge in [-0.2, -0.15) is 0 Å². The second-order valence-corrected chi connectivity index (χ2v) is 3.07. The standard InChI is InChI=1S/C10H9FN2O/c1-7-12-9-6-8(11)2-3-10(9)13(7)4-5-14/h2-3,5-6H,4H2,1H3. The van der Waals surface area contributed by atoms with Crippen molar-refractivity contribution in [3.63, 3.8) is 0 Å². The van der Waals surface area contributed by atoms with Gasteiger partial charge < -0.3 is 9.36 Å². The number of carbonyl (C=O) groups is 1. The zero-order valence-corrected chi connectivity index (χ0v) is 7.70. The summed E-state index contributed by atoms with van der Waals surface area (Å²) in [4.78, 5) is 14.6. The third-order valence-corrected chi connectivity index (χ3v) is 2.16. The highest BCUT2D eigenvalue weighted by molar-refractivity contribution is 5.77. The Morgan fingerprint density at radius 2 is 2.36 bits per heavy atom. The number of aldehydes is 1. The molecule has 2 rings (SSSR count). The van der Waals surface area contributed by atoms with Gasteiger partial charge in [0.15, 0.2) is 0 Å². The maximum atomic E-state index is 12.8. The molecule has 0 bridgehead atoms. The molecule has 0 N–H and O–H groups in total. The van der Waals surface area contributed by atoms with Crippen molar-refractivity contribution in [3.05, 3.63) is 29.8 Å². The minimum Gasteiger partial charge on any atom is -0.321 e. The third kappa shape index (κ3) is 1.28. The molecule has 1 heterocycles. The van der Waals surface area contributed by atoms with E-state index in [1.54, 1.807) is 17.6 Å². The van der Waals surface area contributed by atoms with E-state index >= 15 is 0 Å².